The number of nitrogens with one attached hydrogen (secondary N) is 1. The van der Waals surface area contributed by atoms with Crippen LogP contribution in [0.3, 0.4) is 0 Å². The Balaban J connectivity index is 1.42. The van der Waals surface area contributed by atoms with E-state index in [1.807, 2.05) is 38.4 Å². The van der Waals surface area contributed by atoms with Crippen molar-refractivity contribution in [2.45, 2.75) is 46.8 Å². The highest BCUT2D eigenvalue weighted by Crippen LogP contribution is 2.30. The van der Waals surface area contributed by atoms with Crippen LogP contribution in [-0.2, 0) is 26.1 Å². The van der Waals surface area contributed by atoms with E-state index in [4.69, 9.17) is 4.52 Å². The third-order valence-electron chi connectivity index (χ3n) is 5.41. The highest BCUT2D eigenvalue weighted by Gasteiger charge is 2.25. The second kappa shape index (κ2) is 7.85. The summed E-state index contributed by atoms with van der Waals surface area (Å²) < 4.78 is 5.28. The number of carbonyl (C=O) groups is 1. The second-order valence-electron chi connectivity index (χ2n) is 7.30. The summed E-state index contributed by atoms with van der Waals surface area (Å²) >= 11 is 1.68. The predicted octanol–water partition coefficient (Wildman–Crippen LogP) is 3.54. The van der Waals surface area contributed by atoms with E-state index in [0.717, 1.165) is 54.2 Å². The van der Waals surface area contributed by atoms with Gasteiger partial charge in [0.2, 0.25) is 0 Å². The largest absolute Gasteiger partial charge is 0.361 e. The second-order valence-corrected chi connectivity index (χ2v) is 8.26. The average Bonchev–Trinajstić information content (AvgIpc) is 3.25. The maximum absolute atomic E-state index is 12.7. The molecule has 3 aromatic rings. The summed E-state index contributed by atoms with van der Waals surface area (Å²) in [6, 6.07) is 1.95. The highest BCUT2D eigenvalue weighted by molar-refractivity contribution is 7.10. The van der Waals surface area contributed by atoms with Crippen LogP contribution in [0, 0.1) is 20.8 Å². The number of fused-ring (bicyclic) bond motifs is 1. The van der Waals surface area contributed by atoms with Gasteiger partial charge in [0.25, 0.3) is 5.91 Å². The van der Waals surface area contributed by atoms with Crippen LogP contribution in [0.2, 0.25) is 0 Å². The molecule has 4 rings (SSSR count). The molecule has 0 unspecified atom stereocenters. The number of thiophene rings is 1. The van der Waals surface area contributed by atoms with Gasteiger partial charge < -0.3 is 9.84 Å². The van der Waals surface area contributed by atoms with Gasteiger partial charge in [0.1, 0.15) is 5.76 Å². The van der Waals surface area contributed by atoms with Crippen molar-refractivity contribution in [2.24, 2.45) is 0 Å². The Morgan fingerprint density at radius 2 is 2.21 bits per heavy atom. The fourth-order valence-corrected chi connectivity index (χ4v) is 4.75. The van der Waals surface area contributed by atoms with Crippen molar-refractivity contribution < 1.29 is 9.32 Å². The van der Waals surface area contributed by atoms with Crippen molar-refractivity contribution in [3.05, 3.63) is 68.0 Å². The molecule has 0 spiro atoms. The van der Waals surface area contributed by atoms with E-state index in [9.17, 15) is 4.79 Å². The summed E-state index contributed by atoms with van der Waals surface area (Å²) in [5, 5.41) is 9.11. The maximum atomic E-state index is 12.7. The smallest absolute Gasteiger partial charge is 0.252 e. The van der Waals surface area contributed by atoms with Crippen molar-refractivity contribution in [3.63, 3.8) is 0 Å². The van der Waals surface area contributed by atoms with Crippen LogP contribution >= 0.6 is 11.3 Å². The molecule has 0 atom stereocenters. The van der Waals surface area contributed by atoms with Gasteiger partial charge in [-0.05, 0) is 49.9 Å². The van der Waals surface area contributed by atoms with Gasteiger partial charge in [0.15, 0.2) is 0 Å². The summed E-state index contributed by atoms with van der Waals surface area (Å²) in [5.41, 5.74) is 6.34. The van der Waals surface area contributed by atoms with Crippen LogP contribution in [0.15, 0.2) is 28.4 Å². The van der Waals surface area contributed by atoms with Gasteiger partial charge >= 0.3 is 0 Å². The van der Waals surface area contributed by atoms with Gasteiger partial charge in [-0.1, -0.05) is 5.16 Å². The minimum Gasteiger partial charge on any atom is -0.361 e. The molecule has 1 aliphatic heterocycles. The Kier molecular flexibility index (Phi) is 5.28. The maximum Gasteiger partial charge on any atom is 0.252 e. The zero-order valence-electron chi connectivity index (χ0n) is 16.4. The Labute approximate surface area is 168 Å². The van der Waals surface area contributed by atoms with Gasteiger partial charge in [0, 0.05) is 54.4 Å². The van der Waals surface area contributed by atoms with E-state index in [1.165, 1.54) is 16.0 Å². The standard InChI is InChI=1S/C21H24N4O2S/c1-13-8-22-6-4-16(13)9-23-21(26)19-12-28-20-11-25(7-5-17(19)20)10-18-14(2)24-27-15(18)3/h4,6,8,12H,5,7,9-11H2,1-3H3,(H,23,26). The fourth-order valence-electron chi connectivity index (χ4n) is 3.63. The molecule has 28 heavy (non-hydrogen) atoms. The summed E-state index contributed by atoms with van der Waals surface area (Å²) in [5.74, 6) is 0.897. The Morgan fingerprint density at radius 3 is 2.96 bits per heavy atom. The van der Waals surface area contributed by atoms with Crippen LogP contribution in [0.25, 0.3) is 0 Å². The number of nitrogens with zero attached hydrogens (tertiary/aromatic N) is 3. The van der Waals surface area contributed by atoms with E-state index in [2.05, 4.69) is 20.4 Å². The molecule has 1 N–H and O–H groups in total. The molecule has 0 aliphatic carbocycles. The van der Waals surface area contributed by atoms with E-state index in [-0.39, 0.29) is 5.91 Å². The Hall–Kier alpha value is -2.51. The van der Waals surface area contributed by atoms with E-state index < -0.39 is 0 Å². The lowest BCUT2D eigenvalue weighted by molar-refractivity contribution is 0.0949. The van der Waals surface area contributed by atoms with E-state index in [1.54, 1.807) is 17.5 Å². The lowest BCUT2D eigenvalue weighted by Gasteiger charge is -2.27. The number of pyridine rings is 1. The first kappa shape index (κ1) is 18.8. The van der Waals surface area contributed by atoms with Gasteiger partial charge in [-0.2, -0.15) is 0 Å². The summed E-state index contributed by atoms with van der Waals surface area (Å²) in [4.78, 5) is 20.5. The van der Waals surface area contributed by atoms with Crippen molar-refractivity contribution in [2.75, 3.05) is 6.54 Å². The summed E-state index contributed by atoms with van der Waals surface area (Å²) in [6.45, 7) is 9.10. The van der Waals surface area contributed by atoms with Crippen LogP contribution < -0.4 is 5.32 Å². The molecule has 1 aliphatic rings. The van der Waals surface area contributed by atoms with Crippen molar-refractivity contribution in [1.82, 2.24) is 20.4 Å². The van der Waals surface area contributed by atoms with Gasteiger partial charge in [0.05, 0.1) is 11.3 Å². The quantitative estimate of drug-likeness (QED) is 0.714. The number of aromatic nitrogens is 2. The molecule has 6 nitrogen and oxygen atoms in total. The molecule has 0 fully saturated rings. The highest BCUT2D eigenvalue weighted by atomic mass is 32.1. The number of rotatable bonds is 5. The van der Waals surface area contributed by atoms with E-state index in [0.29, 0.717) is 6.54 Å². The Morgan fingerprint density at radius 1 is 1.36 bits per heavy atom. The summed E-state index contributed by atoms with van der Waals surface area (Å²) in [7, 11) is 0. The zero-order chi connectivity index (χ0) is 19.7. The molecule has 1 amide bonds. The van der Waals surface area contributed by atoms with Gasteiger partial charge in [-0.15, -0.1) is 11.3 Å². The van der Waals surface area contributed by atoms with Crippen molar-refractivity contribution in [3.8, 4) is 0 Å². The average molecular weight is 397 g/mol. The van der Waals surface area contributed by atoms with Crippen molar-refractivity contribution >= 4 is 17.2 Å². The van der Waals surface area contributed by atoms with Crippen LogP contribution in [0.5, 0.6) is 0 Å². The molecule has 3 aromatic heterocycles. The molecule has 0 bridgehead atoms. The molecule has 146 valence electrons. The fraction of sp³-hybridized carbons (Fsp3) is 0.381. The molecule has 0 saturated carbocycles. The molecular formula is C21H24N4O2S. The number of carbonyl (C=O) groups excluding carboxylic acids is 1. The molecule has 0 aromatic carbocycles. The van der Waals surface area contributed by atoms with Crippen LogP contribution in [0.1, 0.15) is 48.9 Å². The minimum atomic E-state index is 0.00730. The third kappa shape index (κ3) is 3.72. The molecule has 0 saturated heterocycles. The lowest BCUT2D eigenvalue weighted by atomic mass is 10.0. The SMILES string of the molecule is Cc1cnccc1CNC(=O)c1csc2c1CCN(Cc1c(C)noc1C)C2. The molecular weight excluding hydrogens is 372 g/mol. The lowest BCUT2D eigenvalue weighted by Crippen LogP contribution is -2.31. The van der Waals surface area contributed by atoms with Crippen LogP contribution in [-0.4, -0.2) is 27.5 Å². The first-order valence-electron chi connectivity index (χ1n) is 9.44. The topological polar surface area (TPSA) is 71.3 Å². The molecule has 0 radical (unpaired) electrons. The number of aryl methyl sites for hydroxylation is 3. The monoisotopic (exact) mass is 396 g/mol. The molecule has 4 heterocycles. The first-order chi connectivity index (χ1) is 13.5. The number of hydrogen-bond donors (Lipinski definition) is 1. The first-order valence-corrected chi connectivity index (χ1v) is 10.3. The van der Waals surface area contributed by atoms with E-state index >= 15 is 0 Å². The van der Waals surface area contributed by atoms with Crippen LogP contribution in [0.4, 0.5) is 0 Å². The predicted molar refractivity (Wildman–Crippen MR) is 108 cm³/mol. The van der Waals surface area contributed by atoms with Gasteiger partial charge in [-0.3, -0.25) is 14.7 Å². The zero-order valence-corrected chi connectivity index (χ0v) is 17.2. The third-order valence-corrected chi connectivity index (χ3v) is 6.42. The van der Waals surface area contributed by atoms with Gasteiger partial charge in [-0.25, -0.2) is 0 Å². The molecule has 7 heteroatoms. The van der Waals surface area contributed by atoms with Crippen molar-refractivity contribution in [1.29, 1.82) is 0 Å². The Bertz CT molecular complexity index is 988. The minimum absolute atomic E-state index is 0.00730. The number of hydrogen-bond acceptors (Lipinski definition) is 6. The number of amides is 1. The normalized spacial score (nSPS) is 14.1. The summed E-state index contributed by atoms with van der Waals surface area (Å²) in [6.07, 6.45) is 4.47.